The fourth-order valence-electron chi connectivity index (χ4n) is 1.56. The Balaban J connectivity index is 1.95. The lowest BCUT2D eigenvalue weighted by Gasteiger charge is -2.12. The SMILES string of the molecule is CC(NCc1cccc(F)c1)c1cnccn1. The minimum Gasteiger partial charge on any atom is -0.305 e. The first-order valence-corrected chi connectivity index (χ1v) is 5.49. The van der Waals surface area contributed by atoms with E-state index < -0.39 is 0 Å². The zero-order valence-electron chi connectivity index (χ0n) is 9.60. The third kappa shape index (κ3) is 3.32. The second kappa shape index (κ2) is 5.50. The van der Waals surface area contributed by atoms with Crippen molar-refractivity contribution in [1.29, 1.82) is 0 Å². The van der Waals surface area contributed by atoms with Gasteiger partial charge in [0, 0.05) is 31.2 Å². The second-order valence-corrected chi connectivity index (χ2v) is 3.86. The maximum absolute atomic E-state index is 13.0. The molecule has 0 aliphatic carbocycles. The van der Waals surface area contributed by atoms with Crippen molar-refractivity contribution in [2.24, 2.45) is 0 Å². The van der Waals surface area contributed by atoms with Crippen molar-refractivity contribution in [3.05, 3.63) is 59.9 Å². The third-order valence-electron chi connectivity index (χ3n) is 2.53. The zero-order chi connectivity index (χ0) is 12.1. The van der Waals surface area contributed by atoms with Crippen molar-refractivity contribution in [3.8, 4) is 0 Å². The van der Waals surface area contributed by atoms with Crippen LogP contribution >= 0.6 is 0 Å². The van der Waals surface area contributed by atoms with E-state index in [2.05, 4.69) is 15.3 Å². The predicted octanol–water partition coefficient (Wildman–Crippen LogP) is 2.47. The van der Waals surface area contributed by atoms with E-state index in [9.17, 15) is 4.39 Å². The molecule has 2 rings (SSSR count). The first-order chi connectivity index (χ1) is 8.25. The molecule has 1 heterocycles. The molecule has 0 aliphatic rings. The molecule has 3 nitrogen and oxygen atoms in total. The highest BCUT2D eigenvalue weighted by Gasteiger charge is 2.05. The number of halogens is 1. The largest absolute Gasteiger partial charge is 0.305 e. The third-order valence-corrected chi connectivity index (χ3v) is 2.53. The van der Waals surface area contributed by atoms with Crippen molar-refractivity contribution in [2.45, 2.75) is 19.5 Å². The first kappa shape index (κ1) is 11.7. The van der Waals surface area contributed by atoms with Gasteiger partial charge in [0.2, 0.25) is 0 Å². The Bertz CT molecular complexity index is 473. The van der Waals surface area contributed by atoms with Crippen molar-refractivity contribution in [1.82, 2.24) is 15.3 Å². The van der Waals surface area contributed by atoms with Crippen LogP contribution in [-0.4, -0.2) is 9.97 Å². The molecule has 1 unspecified atom stereocenters. The monoisotopic (exact) mass is 231 g/mol. The van der Waals surface area contributed by atoms with Crippen molar-refractivity contribution < 1.29 is 4.39 Å². The predicted molar refractivity (Wildman–Crippen MR) is 63.7 cm³/mol. The average molecular weight is 231 g/mol. The summed E-state index contributed by atoms with van der Waals surface area (Å²) in [6.07, 6.45) is 5.03. The van der Waals surface area contributed by atoms with Crippen LogP contribution in [0, 0.1) is 5.82 Å². The molecule has 4 heteroatoms. The Morgan fingerprint density at radius 2 is 2.24 bits per heavy atom. The molecule has 0 saturated carbocycles. The summed E-state index contributed by atoms with van der Waals surface area (Å²) in [5.74, 6) is -0.212. The van der Waals surface area contributed by atoms with Gasteiger partial charge < -0.3 is 5.32 Å². The Hall–Kier alpha value is -1.81. The highest BCUT2D eigenvalue weighted by atomic mass is 19.1. The molecule has 0 bridgehead atoms. The summed E-state index contributed by atoms with van der Waals surface area (Å²) < 4.78 is 13.0. The van der Waals surface area contributed by atoms with Crippen LogP contribution in [0.25, 0.3) is 0 Å². The summed E-state index contributed by atoms with van der Waals surface area (Å²) >= 11 is 0. The second-order valence-electron chi connectivity index (χ2n) is 3.86. The lowest BCUT2D eigenvalue weighted by atomic mass is 10.2. The van der Waals surface area contributed by atoms with Crippen LogP contribution in [0.2, 0.25) is 0 Å². The van der Waals surface area contributed by atoms with E-state index in [0.717, 1.165) is 11.3 Å². The number of hydrogen-bond acceptors (Lipinski definition) is 3. The van der Waals surface area contributed by atoms with Crippen molar-refractivity contribution in [2.75, 3.05) is 0 Å². The number of nitrogens with zero attached hydrogens (tertiary/aromatic N) is 2. The fraction of sp³-hybridized carbons (Fsp3) is 0.231. The number of nitrogens with one attached hydrogen (secondary N) is 1. The lowest BCUT2D eigenvalue weighted by Crippen LogP contribution is -2.19. The van der Waals surface area contributed by atoms with Gasteiger partial charge in [0.15, 0.2) is 0 Å². The molecule has 0 amide bonds. The first-order valence-electron chi connectivity index (χ1n) is 5.49. The highest BCUT2D eigenvalue weighted by Crippen LogP contribution is 2.09. The Morgan fingerprint density at radius 1 is 1.35 bits per heavy atom. The fourth-order valence-corrected chi connectivity index (χ4v) is 1.56. The molecular weight excluding hydrogens is 217 g/mol. The molecule has 0 saturated heterocycles. The topological polar surface area (TPSA) is 37.8 Å². The zero-order valence-corrected chi connectivity index (χ0v) is 9.60. The van der Waals surface area contributed by atoms with E-state index in [1.54, 1.807) is 24.7 Å². The van der Waals surface area contributed by atoms with Gasteiger partial charge in [-0.15, -0.1) is 0 Å². The Labute approximate surface area is 99.7 Å². The smallest absolute Gasteiger partial charge is 0.123 e. The summed E-state index contributed by atoms with van der Waals surface area (Å²) in [5.41, 5.74) is 1.80. The molecule has 1 aromatic heterocycles. The van der Waals surface area contributed by atoms with Crippen LogP contribution in [0.3, 0.4) is 0 Å². The van der Waals surface area contributed by atoms with Gasteiger partial charge in [0.1, 0.15) is 5.82 Å². The summed E-state index contributed by atoms with van der Waals surface area (Å²) in [6, 6.07) is 6.65. The van der Waals surface area contributed by atoms with Crippen LogP contribution in [0.15, 0.2) is 42.9 Å². The van der Waals surface area contributed by atoms with Crippen LogP contribution in [0.4, 0.5) is 4.39 Å². The molecule has 88 valence electrons. The summed E-state index contributed by atoms with van der Waals surface area (Å²) in [5, 5.41) is 3.27. The maximum Gasteiger partial charge on any atom is 0.123 e. The van der Waals surface area contributed by atoms with Gasteiger partial charge >= 0.3 is 0 Å². The molecular formula is C13H14FN3. The molecule has 17 heavy (non-hydrogen) atoms. The van der Waals surface area contributed by atoms with Crippen molar-refractivity contribution in [3.63, 3.8) is 0 Å². The van der Waals surface area contributed by atoms with Gasteiger partial charge in [0.05, 0.1) is 5.69 Å². The quantitative estimate of drug-likeness (QED) is 0.878. The highest BCUT2D eigenvalue weighted by molar-refractivity contribution is 5.16. The average Bonchev–Trinajstić information content (AvgIpc) is 2.37. The van der Waals surface area contributed by atoms with Gasteiger partial charge in [-0.3, -0.25) is 9.97 Å². The summed E-state index contributed by atoms with van der Waals surface area (Å²) in [4.78, 5) is 8.22. The van der Waals surface area contributed by atoms with E-state index in [1.165, 1.54) is 12.1 Å². The van der Waals surface area contributed by atoms with Gasteiger partial charge in [-0.2, -0.15) is 0 Å². The van der Waals surface area contributed by atoms with Gasteiger partial charge in [0.25, 0.3) is 0 Å². The summed E-state index contributed by atoms with van der Waals surface area (Å²) in [6.45, 7) is 2.61. The van der Waals surface area contributed by atoms with E-state index in [1.807, 2.05) is 13.0 Å². The normalized spacial score (nSPS) is 12.4. The lowest BCUT2D eigenvalue weighted by molar-refractivity contribution is 0.555. The van der Waals surface area contributed by atoms with Crippen LogP contribution in [0.5, 0.6) is 0 Å². The van der Waals surface area contributed by atoms with E-state index in [4.69, 9.17) is 0 Å². The van der Waals surface area contributed by atoms with E-state index in [-0.39, 0.29) is 11.9 Å². The molecule has 1 N–H and O–H groups in total. The van der Waals surface area contributed by atoms with Gasteiger partial charge in [-0.1, -0.05) is 12.1 Å². The molecule has 1 atom stereocenters. The number of benzene rings is 1. The minimum absolute atomic E-state index is 0.0898. The van der Waals surface area contributed by atoms with Crippen LogP contribution in [0.1, 0.15) is 24.2 Å². The molecule has 1 aromatic carbocycles. The van der Waals surface area contributed by atoms with Gasteiger partial charge in [-0.25, -0.2) is 4.39 Å². The number of rotatable bonds is 4. The number of hydrogen-bond donors (Lipinski definition) is 1. The van der Waals surface area contributed by atoms with Crippen LogP contribution in [-0.2, 0) is 6.54 Å². The van der Waals surface area contributed by atoms with Crippen LogP contribution < -0.4 is 5.32 Å². The molecule has 0 aliphatic heterocycles. The summed E-state index contributed by atoms with van der Waals surface area (Å²) in [7, 11) is 0. The minimum atomic E-state index is -0.212. The molecule has 2 aromatic rings. The Morgan fingerprint density at radius 3 is 2.94 bits per heavy atom. The Kier molecular flexibility index (Phi) is 3.77. The van der Waals surface area contributed by atoms with Gasteiger partial charge in [-0.05, 0) is 24.6 Å². The van der Waals surface area contributed by atoms with Crippen molar-refractivity contribution >= 4 is 0 Å². The molecule has 0 spiro atoms. The van der Waals surface area contributed by atoms with E-state index >= 15 is 0 Å². The molecule has 0 fully saturated rings. The maximum atomic E-state index is 13.0. The standard InChI is InChI=1S/C13H14FN3/c1-10(13-9-15-5-6-16-13)17-8-11-3-2-4-12(14)7-11/h2-7,9-10,17H,8H2,1H3. The molecule has 0 radical (unpaired) electrons. The number of aromatic nitrogens is 2. The van der Waals surface area contributed by atoms with E-state index in [0.29, 0.717) is 6.54 Å².